The molecule has 0 saturated heterocycles. The van der Waals surface area contributed by atoms with E-state index in [0.29, 0.717) is 0 Å². The first-order chi connectivity index (χ1) is 7.59. The zero-order valence-corrected chi connectivity index (χ0v) is 9.71. The van der Waals surface area contributed by atoms with E-state index in [9.17, 15) is 4.79 Å². The summed E-state index contributed by atoms with van der Waals surface area (Å²) in [6.45, 7) is 3.78. The van der Waals surface area contributed by atoms with Crippen LogP contribution in [0.3, 0.4) is 0 Å². The highest BCUT2D eigenvalue weighted by Gasteiger charge is 2.26. The summed E-state index contributed by atoms with van der Waals surface area (Å²) >= 11 is 1.50. The highest BCUT2D eigenvalue weighted by atomic mass is 32.1. The normalized spacial score (nSPS) is 11.4. The lowest BCUT2D eigenvalue weighted by Gasteiger charge is -2.22. The Hall–Kier alpha value is -1.76. The molecule has 2 aromatic heterocycles. The smallest absolute Gasteiger partial charge is 0.289 e. The second-order valence-corrected chi connectivity index (χ2v) is 4.65. The van der Waals surface area contributed by atoms with Crippen LogP contribution < -0.4 is 5.32 Å². The molecular weight excluding hydrogens is 226 g/mol. The Balaban J connectivity index is 2.13. The molecule has 6 nitrogen and oxygen atoms in total. The molecule has 0 aliphatic heterocycles. The third kappa shape index (κ3) is 2.08. The molecule has 0 radical (unpaired) electrons. The molecule has 0 fully saturated rings. The van der Waals surface area contributed by atoms with Gasteiger partial charge in [-0.15, -0.1) is 11.3 Å². The highest BCUT2D eigenvalue weighted by Crippen LogP contribution is 2.21. The maximum Gasteiger partial charge on any atom is 0.289 e. The summed E-state index contributed by atoms with van der Waals surface area (Å²) in [4.78, 5) is 19.7. The second kappa shape index (κ2) is 4.01. The van der Waals surface area contributed by atoms with Gasteiger partial charge >= 0.3 is 0 Å². The fourth-order valence-electron chi connectivity index (χ4n) is 1.24. The lowest BCUT2D eigenvalue weighted by molar-refractivity contribution is 0.0901. The first kappa shape index (κ1) is 10.7. The molecule has 2 rings (SSSR count). The van der Waals surface area contributed by atoms with E-state index in [1.54, 1.807) is 6.20 Å². The second-order valence-electron chi connectivity index (χ2n) is 3.75. The number of rotatable bonds is 3. The Morgan fingerprint density at radius 1 is 1.50 bits per heavy atom. The van der Waals surface area contributed by atoms with Gasteiger partial charge < -0.3 is 5.32 Å². The zero-order valence-electron chi connectivity index (χ0n) is 8.89. The molecule has 2 heterocycles. The molecule has 0 bridgehead atoms. The molecule has 0 unspecified atom stereocenters. The Labute approximate surface area is 96.1 Å². The Kier molecular flexibility index (Phi) is 2.69. The van der Waals surface area contributed by atoms with Crippen LogP contribution >= 0.6 is 11.3 Å². The van der Waals surface area contributed by atoms with E-state index in [1.807, 2.05) is 19.2 Å². The minimum Gasteiger partial charge on any atom is -0.338 e. The number of hydrogen-bond acceptors (Lipinski definition) is 5. The maximum atomic E-state index is 11.7. The third-order valence-electron chi connectivity index (χ3n) is 2.02. The fraction of sp³-hybridized carbons (Fsp3) is 0.333. The SMILES string of the molecule is CC(C)(NC(=O)c1ncn[nH]1)c1nccs1. The van der Waals surface area contributed by atoms with Gasteiger partial charge in [-0.3, -0.25) is 9.89 Å². The van der Waals surface area contributed by atoms with Gasteiger partial charge in [0.15, 0.2) is 0 Å². The van der Waals surface area contributed by atoms with E-state index in [2.05, 4.69) is 25.5 Å². The lowest BCUT2D eigenvalue weighted by Crippen LogP contribution is -2.41. The van der Waals surface area contributed by atoms with Gasteiger partial charge in [-0.25, -0.2) is 9.97 Å². The Morgan fingerprint density at radius 3 is 2.88 bits per heavy atom. The van der Waals surface area contributed by atoms with Crippen molar-refractivity contribution >= 4 is 17.2 Å². The van der Waals surface area contributed by atoms with E-state index in [0.717, 1.165) is 5.01 Å². The van der Waals surface area contributed by atoms with Crippen molar-refractivity contribution in [2.45, 2.75) is 19.4 Å². The summed E-state index contributed by atoms with van der Waals surface area (Å²) in [6.07, 6.45) is 3.01. The molecule has 2 aromatic rings. The Morgan fingerprint density at radius 2 is 2.31 bits per heavy atom. The number of carbonyl (C=O) groups excluding carboxylic acids is 1. The number of H-pyrrole nitrogens is 1. The van der Waals surface area contributed by atoms with Crippen molar-refractivity contribution in [1.29, 1.82) is 0 Å². The van der Waals surface area contributed by atoms with Gasteiger partial charge in [0, 0.05) is 11.6 Å². The molecule has 0 aliphatic carbocycles. The first-order valence-corrected chi connectivity index (χ1v) is 5.55. The number of aromatic nitrogens is 4. The summed E-state index contributed by atoms with van der Waals surface area (Å²) in [5, 5.41) is 11.7. The topological polar surface area (TPSA) is 83.6 Å². The molecule has 0 saturated carbocycles. The average molecular weight is 237 g/mol. The Bertz CT molecular complexity index is 462. The van der Waals surface area contributed by atoms with Crippen molar-refractivity contribution in [2.75, 3.05) is 0 Å². The minimum absolute atomic E-state index is 0.199. The number of carbonyl (C=O) groups is 1. The van der Waals surface area contributed by atoms with E-state index in [4.69, 9.17) is 0 Å². The molecular formula is C9H11N5OS. The summed E-state index contributed by atoms with van der Waals surface area (Å²) < 4.78 is 0. The van der Waals surface area contributed by atoms with E-state index >= 15 is 0 Å². The number of hydrogen-bond donors (Lipinski definition) is 2. The summed E-state index contributed by atoms with van der Waals surface area (Å²) in [7, 11) is 0. The molecule has 2 N–H and O–H groups in total. The first-order valence-electron chi connectivity index (χ1n) is 4.67. The van der Waals surface area contributed by atoms with Crippen molar-refractivity contribution in [2.24, 2.45) is 0 Å². The van der Waals surface area contributed by atoms with Crippen molar-refractivity contribution in [1.82, 2.24) is 25.5 Å². The predicted molar refractivity (Wildman–Crippen MR) is 59.0 cm³/mol. The van der Waals surface area contributed by atoms with E-state index < -0.39 is 5.54 Å². The van der Waals surface area contributed by atoms with Crippen molar-refractivity contribution in [3.8, 4) is 0 Å². The van der Waals surface area contributed by atoms with Crippen LogP contribution in [0.4, 0.5) is 0 Å². The lowest BCUT2D eigenvalue weighted by atomic mass is 10.1. The van der Waals surface area contributed by atoms with Crippen LogP contribution in [-0.2, 0) is 5.54 Å². The molecule has 0 atom stereocenters. The number of nitrogens with zero attached hydrogens (tertiary/aromatic N) is 3. The van der Waals surface area contributed by atoms with Crippen molar-refractivity contribution < 1.29 is 4.79 Å². The number of amides is 1. The minimum atomic E-state index is -0.516. The molecule has 84 valence electrons. The van der Waals surface area contributed by atoms with Gasteiger partial charge in [0.1, 0.15) is 11.3 Å². The van der Waals surface area contributed by atoms with Crippen LogP contribution in [0.25, 0.3) is 0 Å². The van der Waals surface area contributed by atoms with E-state index in [1.165, 1.54) is 17.7 Å². The largest absolute Gasteiger partial charge is 0.338 e. The molecule has 0 aliphatic rings. The third-order valence-corrected chi connectivity index (χ3v) is 3.12. The van der Waals surface area contributed by atoms with Crippen LogP contribution in [-0.4, -0.2) is 26.1 Å². The average Bonchev–Trinajstić information content (AvgIpc) is 2.91. The van der Waals surface area contributed by atoms with Crippen LogP contribution in [0.5, 0.6) is 0 Å². The van der Waals surface area contributed by atoms with E-state index in [-0.39, 0.29) is 11.7 Å². The number of nitrogens with one attached hydrogen (secondary N) is 2. The molecule has 1 amide bonds. The number of aromatic amines is 1. The quantitative estimate of drug-likeness (QED) is 0.831. The zero-order chi connectivity index (χ0) is 11.6. The molecule has 0 aromatic carbocycles. The van der Waals surface area contributed by atoms with Crippen LogP contribution in [0.15, 0.2) is 17.9 Å². The summed E-state index contributed by atoms with van der Waals surface area (Å²) in [5.41, 5.74) is -0.516. The maximum absolute atomic E-state index is 11.7. The summed E-state index contributed by atoms with van der Waals surface area (Å²) in [5.74, 6) is -0.0951. The number of thiazole rings is 1. The van der Waals surface area contributed by atoms with Gasteiger partial charge in [0.2, 0.25) is 5.82 Å². The van der Waals surface area contributed by atoms with Crippen LogP contribution in [0, 0.1) is 0 Å². The van der Waals surface area contributed by atoms with Gasteiger partial charge in [0.25, 0.3) is 5.91 Å². The molecule has 16 heavy (non-hydrogen) atoms. The standard InChI is InChI=1S/C9H11N5OS/c1-9(2,8-10-3-4-16-8)13-7(15)6-11-5-12-14-6/h3-5H,1-2H3,(H,13,15)(H,11,12,14). The highest BCUT2D eigenvalue weighted by molar-refractivity contribution is 7.09. The molecule has 7 heteroatoms. The van der Waals surface area contributed by atoms with Crippen molar-refractivity contribution in [3.05, 3.63) is 28.7 Å². The van der Waals surface area contributed by atoms with Crippen LogP contribution in [0.2, 0.25) is 0 Å². The fourth-order valence-corrected chi connectivity index (χ4v) is 1.96. The van der Waals surface area contributed by atoms with Gasteiger partial charge in [-0.1, -0.05) is 0 Å². The summed E-state index contributed by atoms with van der Waals surface area (Å²) in [6, 6.07) is 0. The monoisotopic (exact) mass is 237 g/mol. The van der Waals surface area contributed by atoms with Crippen LogP contribution in [0.1, 0.15) is 29.5 Å². The van der Waals surface area contributed by atoms with Gasteiger partial charge in [-0.05, 0) is 13.8 Å². The van der Waals surface area contributed by atoms with Gasteiger partial charge in [0.05, 0.1) is 5.54 Å². The molecule has 0 spiro atoms. The predicted octanol–water partition coefficient (Wildman–Crippen LogP) is 0.926. The van der Waals surface area contributed by atoms with Gasteiger partial charge in [-0.2, -0.15) is 5.10 Å². The van der Waals surface area contributed by atoms with Crippen molar-refractivity contribution in [3.63, 3.8) is 0 Å².